The highest BCUT2D eigenvalue weighted by atomic mass is 28.3. The molecule has 2 aromatic carbocycles. The maximum atomic E-state index is 2.49. The van der Waals surface area contributed by atoms with Crippen molar-refractivity contribution in [2.24, 2.45) is 0 Å². The molecule has 2 aliphatic heterocycles. The molecule has 2 aliphatic rings. The molecule has 0 nitrogen and oxygen atoms in total. The molecule has 0 N–H and O–H groups in total. The third-order valence-corrected chi connectivity index (χ3v) is 21.6. The third-order valence-electron chi connectivity index (χ3n) is 9.91. The van der Waals surface area contributed by atoms with Crippen molar-refractivity contribution in [2.45, 2.75) is 86.5 Å². The van der Waals surface area contributed by atoms with Crippen molar-refractivity contribution in [1.82, 2.24) is 0 Å². The Balaban J connectivity index is 1.89. The second-order valence-electron chi connectivity index (χ2n) is 10.8. The molecule has 4 rings (SSSR count). The summed E-state index contributed by atoms with van der Waals surface area (Å²) in [5, 5.41) is 7.16. The van der Waals surface area contributed by atoms with Crippen LogP contribution in [0.25, 0.3) is 16.3 Å². The fourth-order valence-electron chi connectivity index (χ4n) is 7.49. The second-order valence-corrected chi connectivity index (χ2v) is 20.2. The zero-order valence-electron chi connectivity index (χ0n) is 23.5. The van der Waals surface area contributed by atoms with E-state index in [9.17, 15) is 0 Å². The standard InChI is InChI=1S/C33H44Si2/c1-10-34(11-2)27(9)23(5)24(6)32(34)33-26(8)25(7)31(35(33,12-3)13-4)30-21-19-29(20-22-30)28-17-15-14-16-18-28/h14-22H,10-13H2,1-9H3. The zero-order valence-corrected chi connectivity index (χ0v) is 25.5. The van der Waals surface area contributed by atoms with Gasteiger partial charge in [0.25, 0.3) is 0 Å². The van der Waals surface area contributed by atoms with Gasteiger partial charge < -0.3 is 0 Å². The summed E-state index contributed by atoms with van der Waals surface area (Å²) in [7, 11) is -3.55. The summed E-state index contributed by atoms with van der Waals surface area (Å²) < 4.78 is 0. The molecule has 0 fully saturated rings. The molecule has 0 unspecified atom stereocenters. The first-order valence-corrected chi connectivity index (χ1v) is 18.6. The average molecular weight is 497 g/mol. The van der Waals surface area contributed by atoms with Crippen LogP contribution in [-0.2, 0) is 0 Å². The molecule has 0 atom stereocenters. The van der Waals surface area contributed by atoms with Crippen LogP contribution in [-0.4, -0.2) is 16.1 Å². The number of hydrogen-bond acceptors (Lipinski definition) is 0. The average Bonchev–Trinajstić information content (AvgIpc) is 3.23. The highest BCUT2D eigenvalue weighted by Gasteiger charge is 2.52. The lowest BCUT2D eigenvalue weighted by Gasteiger charge is -2.40. The minimum absolute atomic E-state index is 1.29. The van der Waals surface area contributed by atoms with Crippen LogP contribution in [0, 0.1) is 0 Å². The summed E-state index contributed by atoms with van der Waals surface area (Å²) in [6.45, 7) is 22.1. The highest BCUT2D eigenvalue weighted by Crippen LogP contribution is 2.57. The first kappa shape index (κ1) is 25.9. The van der Waals surface area contributed by atoms with Crippen LogP contribution in [0.3, 0.4) is 0 Å². The minimum atomic E-state index is -1.88. The number of allylic oxidation sites excluding steroid dienone is 7. The summed E-state index contributed by atoms with van der Waals surface area (Å²) in [5.41, 5.74) is 10.5. The minimum Gasteiger partial charge on any atom is -0.0754 e. The molecular formula is C33H44Si2. The molecule has 0 bridgehead atoms. The fourth-order valence-corrected chi connectivity index (χ4v) is 19.4. The molecular weight excluding hydrogens is 453 g/mol. The number of rotatable bonds is 7. The van der Waals surface area contributed by atoms with E-state index in [1.807, 2.05) is 10.4 Å². The van der Waals surface area contributed by atoms with Crippen LogP contribution in [0.2, 0.25) is 24.2 Å². The molecule has 0 radical (unpaired) electrons. The summed E-state index contributed by atoms with van der Waals surface area (Å²) in [5.74, 6) is 0. The van der Waals surface area contributed by atoms with Crippen LogP contribution >= 0.6 is 0 Å². The van der Waals surface area contributed by atoms with Gasteiger partial charge in [-0.1, -0.05) is 128 Å². The van der Waals surface area contributed by atoms with E-state index in [4.69, 9.17) is 0 Å². The SMILES string of the molecule is CC[Si]1(CC)C(C)=C(C)C(C)=C1C1=C(C)C(C)=C(c2ccc(-c3ccccc3)cc2)[Si]1(CC)CC. The Morgan fingerprint density at radius 3 is 1.34 bits per heavy atom. The molecule has 0 saturated heterocycles. The van der Waals surface area contributed by atoms with Crippen molar-refractivity contribution in [2.75, 3.05) is 0 Å². The fraction of sp³-hybridized carbons (Fsp3) is 0.394. The molecule has 0 amide bonds. The van der Waals surface area contributed by atoms with Gasteiger partial charge in [0.2, 0.25) is 0 Å². The van der Waals surface area contributed by atoms with Crippen LogP contribution in [0.15, 0.2) is 92.5 Å². The van der Waals surface area contributed by atoms with Crippen LogP contribution < -0.4 is 0 Å². The van der Waals surface area contributed by atoms with E-state index in [0.29, 0.717) is 0 Å². The smallest absolute Gasteiger partial charge is 0.0754 e. The number of hydrogen-bond donors (Lipinski definition) is 0. The van der Waals surface area contributed by atoms with Gasteiger partial charge in [-0.3, -0.25) is 0 Å². The van der Waals surface area contributed by atoms with E-state index in [1.54, 1.807) is 32.7 Å². The van der Waals surface area contributed by atoms with Gasteiger partial charge >= 0.3 is 0 Å². The molecule has 0 saturated carbocycles. The molecule has 0 aliphatic carbocycles. The van der Waals surface area contributed by atoms with Crippen molar-refractivity contribution in [3.8, 4) is 11.1 Å². The Morgan fingerprint density at radius 1 is 0.429 bits per heavy atom. The molecule has 184 valence electrons. The largest absolute Gasteiger partial charge is 0.119 e. The Morgan fingerprint density at radius 2 is 0.829 bits per heavy atom. The Kier molecular flexibility index (Phi) is 7.19. The lowest BCUT2D eigenvalue weighted by Crippen LogP contribution is -2.44. The maximum absolute atomic E-state index is 2.49. The van der Waals surface area contributed by atoms with E-state index in [0.717, 1.165) is 0 Å². The number of benzene rings is 2. The van der Waals surface area contributed by atoms with Crippen molar-refractivity contribution in [3.63, 3.8) is 0 Å². The van der Waals surface area contributed by atoms with Gasteiger partial charge in [0.05, 0.1) is 0 Å². The molecule has 2 aromatic rings. The Hall–Kier alpha value is -2.17. The topological polar surface area (TPSA) is 0 Å². The summed E-state index contributed by atoms with van der Waals surface area (Å²) in [6, 6.07) is 25.5. The maximum Gasteiger partial charge on any atom is 0.119 e. The predicted molar refractivity (Wildman–Crippen MR) is 162 cm³/mol. The molecule has 2 heteroatoms. The first-order chi connectivity index (χ1) is 16.7. The van der Waals surface area contributed by atoms with Gasteiger partial charge in [-0.2, -0.15) is 0 Å². The van der Waals surface area contributed by atoms with Gasteiger partial charge in [0, 0.05) is 0 Å². The first-order valence-electron chi connectivity index (χ1n) is 13.7. The van der Waals surface area contributed by atoms with Crippen LogP contribution in [0.1, 0.15) is 67.9 Å². The van der Waals surface area contributed by atoms with Crippen molar-refractivity contribution >= 4 is 21.3 Å². The van der Waals surface area contributed by atoms with Crippen molar-refractivity contribution in [3.05, 3.63) is 98.0 Å². The van der Waals surface area contributed by atoms with Crippen molar-refractivity contribution < 1.29 is 0 Å². The highest BCUT2D eigenvalue weighted by molar-refractivity contribution is 7.07. The molecule has 0 aromatic heterocycles. The van der Waals surface area contributed by atoms with Crippen molar-refractivity contribution in [1.29, 1.82) is 0 Å². The van der Waals surface area contributed by atoms with Gasteiger partial charge in [-0.15, -0.1) is 0 Å². The van der Waals surface area contributed by atoms with E-state index in [-0.39, 0.29) is 0 Å². The summed E-state index contributed by atoms with van der Waals surface area (Å²) in [4.78, 5) is 0. The third kappa shape index (κ3) is 3.67. The van der Waals surface area contributed by atoms with E-state index in [1.165, 1.54) is 40.9 Å². The monoisotopic (exact) mass is 496 g/mol. The Labute approximate surface area is 216 Å². The lowest BCUT2D eigenvalue weighted by molar-refractivity contribution is 1.22. The predicted octanol–water partition coefficient (Wildman–Crippen LogP) is 10.3. The zero-order chi connectivity index (χ0) is 25.5. The van der Waals surface area contributed by atoms with Gasteiger partial charge in [-0.25, -0.2) is 0 Å². The van der Waals surface area contributed by atoms with E-state index in [2.05, 4.69) is 117 Å². The van der Waals surface area contributed by atoms with E-state index < -0.39 is 16.1 Å². The quantitative estimate of drug-likeness (QED) is 0.334. The normalized spacial score (nSPS) is 19.5. The van der Waals surface area contributed by atoms with Gasteiger partial charge in [0.1, 0.15) is 16.1 Å². The molecule has 0 spiro atoms. The lowest BCUT2D eigenvalue weighted by atomic mass is 10.0. The molecule has 35 heavy (non-hydrogen) atoms. The van der Waals surface area contributed by atoms with Crippen LogP contribution in [0.5, 0.6) is 0 Å². The Bertz CT molecular complexity index is 1240. The summed E-state index contributed by atoms with van der Waals surface area (Å²) in [6.07, 6.45) is 0. The van der Waals surface area contributed by atoms with Gasteiger partial charge in [0.15, 0.2) is 0 Å². The summed E-state index contributed by atoms with van der Waals surface area (Å²) >= 11 is 0. The van der Waals surface area contributed by atoms with E-state index >= 15 is 0 Å². The van der Waals surface area contributed by atoms with Gasteiger partial charge in [-0.05, 0) is 73.2 Å². The second kappa shape index (κ2) is 9.71. The molecule has 2 heterocycles. The van der Waals surface area contributed by atoms with Crippen LogP contribution in [0.4, 0.5) is 0 Å².